The van der Waals surface area contributed by atoms with E-state index in [1.54, 1.807) is 0 Å². The van der Waals surface area contributed by atoms with Crippen molar-refractivity contribution < 1.29 is 4.74 Å². The van der Waals surface area contributed by atoms with Crippen molar-refractivity contribution in [2.45, 2.75) is 13.3 Å². The van der Waals surface area contributed by atoms with Crippen molar-refractivity contribution in [2.24, 2.45) is 0 Å². The average molecular weight is 269 g/mol. The Hall–Kier alpha value is -1.87. The minimum Gasteiger partial charge on any atom is -0.454 e. The fourth-order valence-electron chi connectivity index (χ4n) is 2.32. The highest BCUT2D eigenvalue weighted by Gasteiger charge is 2.23. The van der Waals surface area contributed by atoms with Crippen molar-refractivity contribution >= 4 is 22.9 Å². The molecule has 0 bridgehead atoms. The van der Waals surface area contributed by atoms with Crippen LogP contribution in [0.25, 0.3) is 0 Å². The molecule has 0 unspecified atom stereocenters. The molecule has 1 aliphatic heterocycles. The summed E-state index contributed by atoms with van der Waals surface area (Å²) in [5.41, 5.74) is 2.03. The van der Waals surface area contributed by atoms with Gasteiger partial charge in [-0.15, -0.1) is 0 Å². The number of nitrogens with zero attached hydrogens (tertiary/aromatic N) is 1. The van der Waals surface area contributed by atoms with E-state index < -0.39 is 0 Å². The fourth-order valence-corrected chi connectivity index (χ4v) is 2.68. The topological polar surface area (TPSA) is 12.5 Å². The first-order chi connectivity index (χ1) is 9.31. The molecule has 0 saturated heterocycles. The van der Waals surface area contributed by atoms with Crippen LogP contribution in [0.3, 0.4) is 0 Å². The van der Waals surface area contributed by atoms with Gasteiger partial charge >= 0.3 is 0 Å². The molecule has 3 heteroatoms. The van der Waals surface area contributed by atoms with Crippen LogP contribution in [-0.2, 0) is 0 Å². The summed E-state index contributed by atoms with van der Waals surface area (Å²) in [5.74, 6) is 1.70. The van der Waals surface area contributed by atoms with E-state index in [0.29, 0.717) is 0 Å². The molecule has 3 rings (SSSR count). The van der Waals surface area contributed by atoms with Crippen molar-refractivity contribution in [1.29, 1.82) is 0 Å². The summed E-state index contributed by atoms with van der Waals surface area (Å²) in [5, 5.41) is 0. The minimum absolute atomic E-state index is 0.832. The van der Waals surface area contributed by atoms with E-state index in [-0.39, 0.29) is 0 Å². The van der Waals surface area contributed by atoms with Gasteiger partial charge in [0.15, 0.2) is 5.75 Å². The largest absolute Gasteiger partial charge is 0.454 e. The molecular formula is C16H15NOS. The summed E-state index contributed by atoms with van der Waals surface area (Å²) in [7, 11) is 0. The predicted molar refractivity (Wildman–Crippen MR) is 82.3 cm³/mol. The monoisotopic (exact) mass is 269 g/mol. The second kappa shape index (κ2) is 5.02. The summed E-state index contributed by atoms with van der Waals surface area (Å²) in [6.07, 6.45) is 1.04. The van der Waals surface area contributed by atoms with E-state index in [1.165, 1.54) is 0 Å². The van der Waals surface area contributed by atoms with E-state index in [2.05, 4.69) is 17.9 Å². The highest BCUT2D eigenvalue weighted by molar-refractivity contribution is 7.81. The number of ether oxygens (including phenoxy) is 1. The molecule has 2 nitrogen and oxygen atoms in total. The normalized spacial score (nSPS) is 13.3. The standard InChI is InChI=1S/C16H15NOS/c1-2-11-17-13-8-4-6-10-15(13)18-14-9-5-3-7-12(14)16(17)19/h3-10H,2,11H2,1H3. The van der Waals surface area contributed by atoms with Gasteiger partial charge in [-0.3, -0.25) is 0 Å². The van der Waals surface area contributed by atoms with Crippen LogP contribution >= 0.6 is 12.2 Å². The maximum Gasteiger partial charge on any atom is 0.151 e. The molecule has 0 N–H and O–H groups in total. The van der Waals surface area contributed by atoms with Gasteiger partial charge in [0, 0.05) is 6.54 Å². The van der Waals surface area contributed by atoms with Crippen molar-refractivity contribution in [3.8, 4) is 11.5 Å². The molecule has 0 saturated carbocycles. The number of rotatable bonds is 2. The van der Waals surface area contributed by atoms with E-state index in [1.807, 2.05) is 42.5 Å². The SMILES string of the molecule is CCCN1C(=S)c2ccccc2Oc2ccccc21. The van der Waals surface area contributed by atoms with E-state index in [0.717, 1.165) is 40.7 Å². The molecule has 0 aliphatic carbocycles. The first-order valence-corrected chi connectivity index (χ1v) is 6.90. The molecule has 19 heavy (non-hydrogen) atoms. The number of hydrogen-bond acceptors (Lipinski definition) is 2. The molecule has 0 fully saturated rings. The van der Waals surface area contributed by atoms with Crippen molar-refractivity contribution in [2.75, 3.05) is 11.4 Å². The average Bonchev–Trinajstić information content (AvgIpc) is 2.56. The lowest BCUT2D eigenvalue weighted by Gasteiger charge is -2.23. The number of para-hydroxylation sites is 3. The molecule has 0 spiro atoms. The summed E-state index contributed by atoms with van der Waals surface area (Å²) in [6, 6.07) is 16.0. The van der Waals surface area contributed by atoms with E-state index in [4.69, 9.17) is 17.0 Å². The number of benzene rings is 2. The maximum atomic E-state index is 6.02. The van der Waals surface area contributed by atoms with Gasteiger partial charge in [0.05, 0.1) is 11.3 Å². The fraction of sp³-hybridized carbons (Fsp3) is 0.188. The second-order valence-corrected chi connectivity index (χ2v) is 4.91. The lowest BCUT2D eigenvalue weighted by atomic mass is 10.2. The Bertz CT molecular complexity index is 624. The molecule has 96 valence electrons. The van der Waals surface area contributed by atoms with Gasteiger partial charge in [-0.05, 0) is 30.7 Å². The Balaban J connectivity index is 2.18. The third-order valence-corrected chi connectivity index (χ3v) is 3.63. The molecule has 0 aromatic heterocycles. The smallest absolute Gasteiger partial charge is 0.151 e. The lowest BCUT2D eigenvalue weighted by Crippen LogP contribution is -2.29. The molecular weight excluding hydrogens is 254 g/mol. The van der Waals surface area contributed by atoms with Crippen molar-refractivity contribution in [3.05, 3.63) is 54.1 Å². The first-order valence-electron chi connectivity index (χ1n) is 6.49. The lowest BCUT2D eigenvalue weighted by molar-refractivity contribution is 0.485. The Labute approximate surface area is 118 Å². The number of thiocarbonyl (C=S) groups is 1. The highest BCUT2D eigenvalue weighted by atomic mass is 32.1. The predicted octanol–water partition coefficient (Wildman–Crippen LogP) is 4.38. The maximum absolute atomic E-state index is 6.02. The second-order valence-electron chi connectivity index (χ2n) is 4.52. The van der Waals surface area contributed by atoms with Crippen molar-refractivity contribution in [1.82, 2.24) is 0 Å². The van der Waals surface area contributed by atoms with Gasteiger partial charge in [0.25, 0.3) is 0 Å². The highest BCUT2D eigenvalue weighted by Crippen LogP contribution is 2.38. The zero-order valence-corrected chi connectivity index (χ0v) is 11.6. The van der Waals surface area contributed by atoms with Crippen LogP contribution in [0.4, 0.5) is 5.69 Å². The first kappa shape index (κ1) is 12.2. The summed E-state index contributed by atoms with van der Waals surface area (Å²) < 4.78 is 6.02. The summed E-state index contributed by atoms with van der Waals surface area (Å²) in [6.45, 7) is 3.05. The van der Waals surface area contributed by atoms with Crippen LogP contribution in [0.5, 0.6) is 11.5 Å². The van der Waals surface area contributed by atoms with Gasteiger partial charge in [-0.2, -0.15) is 0 Å². The Morgan fingerprint density at radius 3 is 2.47 bits per heavy atom. The van der Waals surface area contributed by atoms with E-state index in [9.17, 15) is 0 Å². The van der Waals surface area contributed by atoms with Crippen LogP contribution in [0.1, 0.15) is 18.9 Å². The van der Waals surface area contributed by atoms with Gasteiger partial charge in [-0.25, -0.2) is 0 Å². The molecule has 2 aromatic carbocycles. The van der Waals surface area contributed by atoms with E-state index >= 15 is 0 Å². The van der Waals surface area contributed by atoms with Gasteiger partial charge in [0.2, 0.25) is 0 Å². The molecule has 0 atom stereocenters. The molecule has 0 amide bonds. The van der Waals surface area contributed by atoms with Crippen molar-refractivity contribution in [3.63, 3.8) is 0 Å². The van der Waals surface area contributed by atoms with Crippen LogP contribution in [-0.4, -0.2) is 11.5 Å². The Kier molecular flexibility index (Phi) is 3.22. The summed E-state index contributed by atoms with van der Waals surface area (Å²) in [4.78, 5) is 3.00. The number of anilines is 1. The quantitative estimate of drug-likeness (QED) is 0.750. The zero-order chi connectivity index (χ0) is 13.2. The van der Waals surface area contributed by atoms with Gasteiger partial charge < -0.3 is 9.64 Å². The third kappa shape index (κ3) is 2.10. The third-order valence-electron chi connectivity index (χ3n) is 3.19. The van der Waals surface area contributed by atoms with Crippen LogP contribution < -0.4 is 9.64 Å². The summed E-state index contributed by atoms with van der Waals surface area (Å²) >= 11 is 5.66. The molecule has 2 aromatic rings. The van der Waals surface area contributed by atoms with Gasteiger partial charge in [-0.1, -0.05) is 43.4 Å². The number of hydrogen-bond donors (Lipinski definition) is 0. The zero-order valence-electron chi connectivity index (χ0n) is 10.8. The van der Waals surface area contributed by atoms with Gasteiger partial charge in [0.1, 0.15) is 10.7 Å². The number of fused-ring (bicyclic) bond motifs is 2. The molecule has 1 aliphatic rings. The molecule has 0 radical (unpaired) electrons. The van der Waals surface area contributed by atoms with Crippen LogP contribution in [0, 0.1) is 0 Å². The van der Waals surface area contributed by atoms with Crippen LogP contribution in [0.2, 0.25) is 0 Å². The minimum atomic E-state index is 0.832. The van der Waals surface area contributed by atoms with Crippen LogP contribution in [0.15, 0.2) is 48.5 Å². The Morgan fingerprint density at radius 2 is 1.68 bits per heavy atom. The Morgan fingerprint density at radius 1 is 1.00 bits per heavy atom. The molecule has 1 heterocycles.